The second-order valence-electron chi connectivity index (χ2n) is 4.40. The molecule has 0 aliphatic carbocycles. The van der Waals surface area contributed by atoms with Gasteiger partial charge in [-0.05, 0) is 36.6 Å². The molecule has 1 heterocycles. The summed E-state index contributed by atoms with van der Waals surface area (Å²) < 4.78 is 0. The number of rotatable bonds is 2. The van der Waals surface area contributed by atoms with Crippen molar-refractivity contribution in [2.45, 2.75) is 26.7 Å². The summed E-state index contributed by atoms with van der Waals surface area (Å²) in [6.07, 6.45) is 0.904. The lowest BCUT2D eigenvalue weighted by Crippen LogP contribution is -1.93. The van der Waals surface area contributed by atoms with Crippen LogP contribution in [0.25, 0.3) is 10.9 Å². The highest BCUT2D eigenvalue weighted by Crippen LogP contribution is 2.22. The summed E-state index contributed by atoms with van der Waals surface area (Å²) >= 11 is 0. The molecule has 2 rings (SSSR count). The number of hydrogen-bond acceptors (Lipinski definition) is 2. The number of fused-ring (bicyclic) bond motifs is 1. The number of aldehydes is 1. The maximum Gasteiger partial charge on any atom is 0.150 e. The predicted octanol–water partition coefficient (Wildman–Crippen LogP) is 3.48. The van der Waals surface area contributed by atoms with Gasteiger partial charge in [0.2, 0.25) is 0 Å². The molecule has 0 unspecified atom stereocenters. The monoisotopic (exact) mass is 213 g/mol. The van der Waals surface area contributed by atoms with Gasteiger partial charge in [-0.15, -0.1) is 0 Å². The lowest BCUT2D eigenvalue weighted by atomic mass is 9.99. The summed E-state index contributed by atoms with van der Waals surface area (Å²) in [6.45, 7) is 6.19. The lowest BCUT2D eigenvalue weighted by molar-refractivity contribution is 0.112. The number of nitrogens with zero attached hydrogens (tertiary/aromatic N) is 1. The van der Waals surface area contributed by atoms with Crippen LogP contribution in [-0.2, 0) is 0 Å². The highest BCUT2D eigenvalue weighted by atomic mass is 16.1. The van der Waals surface area contributed by atoms with Crippen LogP contribution in [0.2, 0.25) is 0 Å². The molecule has 0 aliphatic heterocycles. The Hall–Kier alpha value is -1.70. The summed E-state index contributed by atoms with van der Waals surface area (Å²) in [5.74, 6) is 0.463. The maximum atomic E-state index is 11.0. The predicted molar refractivity (Wildman–Crippen MR) is 66.0 cm³/mol. The van der Waals surface area contributed by atoms with Gasteiger partial charge in [0.05, 0.1) is 5.52 Å². The topological polar surface area (TPSA) is 30.0 Å². The summed E-state index contributed by atoms with van der Waals surface area (Å²) in [4.78, 5) is 15.5. The minimum absolute atomic E-state index is 0.463. The molecule has 82 valence electrons. The fourth-order valence-corrected chi connectivity index (χ4v) is 1.86. The van der Waals surface area contributed by atoms with Gasteiger partial charge < -0.3 is 0 Å². The third-order valence-corrected chi connectivity index (χ3v) is 2.79. The first-order valence-electron chi connectivity index (χ1n) is 5.48. The number of hydrogen-bond donors (Lipinski definition) is 0. The quantitative estimate of drug-likeness (QED) is 0.715. The van der Waals surface area contributed by atoms with Crippen LogP contribution in [0.4, 0.5) is 0 Å². The normalized spacial score (nSPS) is 11.0. The lowest BCUT2D eigenvalue weighted by Gasteiger charge is -2.08. The van der Waals surface area contributed by atoms with Crippen LogP contribution < -0.4 is 0 Å². The summed E-state index contributed by atoms with van der Waals surface area (Å²) in [5, 5.41) is 0.951. The van der Waals surface area contributed by atoms with Gasteiger partial charge in [0.15, 0.2) is 6.29 Å². The molecule has 0 amide bonds. The number of aromatic nitrogens is 1. The van der Waals surface area contributed by atoms with E-state index in [1.165, 1.54) is 5.56 Å². The molecular weight excluding hydrogens is 198 g/mol. The highest BCUT2D eigenvalue weighted by molar-refractivity contribution is 5.96. The molecule has 16 heavy (non-hydrogen) atoms. The molecule has 0 spiro atoms. The minimum atomic E-state index is 0.463. The zero-order valence-electron chi connectivity index (χ0n) is 9.82. The Kier molecular flexibility index (Phi) is 2.73. The molecular formula is C14H15NO. The largest absolute Gasteiger partial charge is 0.298 e. The van der Waals surface area contributed by atoms with Crippen LogP contribution in [0.1, 0.15) is 41.4 Å². The van der Waals surface area contributed by atoms with Crippen molar-refractivity contribution in [1.82, 2.24) is 4.98 Å². The van der Waals surface area contributed by atoms with Gasteiger partial charge in [-0.2, -0.15) is 0 Å². The molecule has 0 atom stereocenters. The zero-order chi connectivity index (χ0) is 11.7. The van der Waals surface area contributed by atoms with Gasteiger partial charge in [-0.25, -0.2) is 0 Å². The first-order valence-corrected chi connectivity index (χ1v) is 5.48. The van der Waals surface area contributed by atoms with Crippen molar-refractivity contribution in [3.63, 3.8) is 0 Å². The second-order valence-corrected chi connectivity index (χ2v) is 4.40. The second kappa shape index (κ2) is 4.05. The molecule has 0 aliphatic rings. The molecule has 2 aromatic rings. The van der Waals surface area contributed by atoms with Crippen molar-refractivity contribution in [2.75, 3.05) is 0 Å². The Bertz CT molecular complexity index is 544. The van der Waals surface area contributed by atoms with E-state index in [1.54, 1.807) is 0 Å². The van der Waals surface area contributed by atoms with E-state index in [4.69, 9.17) is 0 Å². The third-order valence-electron chi connectivity index (χ3n) is 2.79. The van der Waals surface area contributed by atoms with Crippen LogP contribution in [0.3, 0.4) is 0 Å². The molecule has 2 heteroatoms. The van der Waals surface area contributed by atoms with E-state index in [2.05, 4.69) is 31.0 Å². The van der Waals surface area contributed by atoms with Crippen molar-refractivity contribution in [3.8, 4) is 0 Å². The van der Waals surface area contributed by atoms with Crippen molar-refractivity contribution >= 4 is 17.2 Å². The molecule has 1 aromatic heterocycles. The van der Waals surface area contributed by atoms with E-state index in [0.717, 1.165) is 28.4 Å². The Labute approximate surface area is 95.3 Å². The average molecular weight is 213 g/mol. The molecule has 0 saturated carbocycles. The van der Waals surface area contributed by atoms with E-state index >= 15 is 0 Å². The Morgan fingerprint density at radius 1 is 1.25 bits per heavy atom. The van der Waals surface area contributed by atoms with Gasteiger partial charge in [-0.1, -0.05) is 19.9 Å². The smallest absolute Gasteiger partial charge is 0.150 e. The van der Waals surface area contributed by atoms with Gasteiger partial charge in [0.25, 0.3) is 0 Å². The summed E-state index contributed by atoms with van der Waals surface area (Å²) in [7, 11) is 0. The number of benzene rings is 1. The fraction of sp³-hybridized carbons (Fsp3) is 0.286. The van der Waals surface area contributed by atoms with E-state index in [-0.39, 0.29) is 0 Å². The van der Waals surface area contributed by atoms with Crippen LogP contribution in [0, 0.1) is 6.92 Å². The minimum Gasteiger partial charge on any atom is -0.298 e. The van der Waals surface area contributed by atoms with Crippen LogP contribution in [-0.4, -0.2) is 11.3 Å². The fourth-order valence-electron chi connectivity index (χ4n) is 1.86. The van der Waals surface area contributed by atoms with Crippen molar-refractivity contribution in [2.24, 2.45) is 0 Å². The van der Waals surface area contributed by atoms with Crippen molar-refractivity contribution < 1.29 is 4.79 Å². The first kappa shape index (κ1) is 10.8. The van der Waals surface area contributed by atoms with Crippen LogP contribution in [0.15, 0.2) is 24.3 Å². The SMILES string of the molecule is Cc1cc(C=O)c2cc(C(C)C)ccc2n1. The van der Waals surface area contributed by atoms with Gasteiger partial charge >= 0.3 is 0 Å². The van der Waals surface area contributed by atoms with E-state index in [9.17, 15) is 4.79 Å². The van der Waals surface area contributed by atoms with Gasteiger partial charge in [0.1, 0.15) is 0 Å². The molecule has 1 aromatic carbocycles. The number of carbonyl (C=O) groups excluding carboxylic acids is 1. The summed E-state index contributed by atoms with van der Waals surface area (Å²) in [5.41, 5.74) is 3.74. The maximum absolute atomic E-state index is 11.0. The standard InChI is InChI=1S/C14H15NO/c1-9(2)11-4-5-14-13(7-11)12(8-16)6-10(3)15-14/h4-9H,1-3H3. The number of carbonyl (C=O) groups is 1. The van der Waals surface area contributed by atoms with Gasteiger partial charge in [-0.3, -0.25) is 9.78 Å². The molecule has 0 fully saturated rings. The Balaban J connectivity index is 2.75. The van der Waals surface area contributed by atoms with Crippen molar-refractivity contribution in [3.05, 3.63) is 41.1 Å². The van der Waals surface area contributed by atoms with Crippen LogP contribution >= 0.6 is 0 Å². The highest BCUT2D eigenvalue weighted by Gasteiger charge is 2.06. The van der Waals surface area contributed by atoms with E-state index < -0.39 is 0 Å². The van der Waals surface area contributed by atoms with Crippen molar-refractivity contribution in [1.29, 1.82) is 0 Å². The third kappa shape index (κ3) is 1.83. The number of aryl methyl sites for hydroxylation is 1. The van der Waals surface area contributed by atoms with Crippen LogP contribution in [0.5, 0.6) is 0 Å². The van der Waals surface area contributed by atoms with E-state index in [1.807, 2.05) is 19.1 Å². The van der Waals surface area contributed by atoms with E-state index in [0.29, 0.717) is 5.92 Å². The average Bonchev–Trinajstić information content (AvgIpc) is 2.27. The zero-order valence-corrected chi connectivity index (χ0v) is 9.82. The molecule has 2 nitrogen and oxygen atoms in total. The summed E-state index contributed by atoms with van der Waals surface area (Å²) in [6, 6.07) is 7.97. The number of pyridine rings is 1. The first-order chi connectivity index (χ1) is 7.61. The Morgan fingerprint density at radius 3 is 2.62 bits per heavy atom. The Morgan fingerprint density at radius 2 is 2.00 bits per heavy atom. The molecule has 0 N–H and O–H groups in total. The molecule has 0 saturated heterocycles. The molecule has 0 radical (unpaired) electrons. The molecule has 0 bridgehead atoms. The van der Waals surface area contributed by atoms with Gasteiger partial charge in [0, 0.05) is 16.6 Å².